The molecule has 0 radical (unpaired) electrons. The summed E-state index contributed by atoms with van der Waals surface area (Å²) < 4.78 is 87.4. The molecule has 0 bridgehead atoms. The minimum Gasteiger partial charge on any atom is -0.433 e. The summed E-state index contributed by atoms with van der Waals surface area (Å²) in [5, 5.41) is 0. The Kier molecular flexibility index (Phi) is 17.7. The predicted molar refractivity (Wildman–Crippen MR) is 392 cm³/mol. The van der Waals surface area contributed by atoms with Gasteiger partial charge in [-0.25, -0.2) is 0 Å². The van der Waals surface area contributed by atoms with Crippen LogP contribution in [0.15, 0.2) is 179 Å². The van der Waals surface area contributed by atoms with Gasteiger partial charge in [-0.05, 0) is 194 Å². The Morgan fingerprint density at radius 1 is 0.304 bits per heavy atom. The van der Waals surface area contributed by atoms with Crippen LogP contribution in [0.1, 0.15) is 65.2 Å². The minimum absolute atomic E-state index is 0.177. The monoisotopic (exact) mass is 1440 g/mol. The van der Waals surface area contributed by atoms with Crippen molar-refractivity contribution >= 4 is 159 Å². The lowest BCUT2D eigenvalue weighted by molar-refractivity contribution is -0.182. The number of thiophene rings is 10. The Morgan fingerprint density at radius 3 is 0.815 bits per heavy atom. The number of fused-ring (bicyclic) bond motifs is 2. The highest BCUT2D eigenvalue weighted by Crippen LogP contribution is 2.56. The van der Waals surface area contributed by atoms with Crippen molar-refractivity contribution in [2.75, 3.05) is 0 Å². The molecule has 0 fully saturated rings. The van der Waals surface area contributed by atoms with Crippen LogP contribution < -0.4 is 9.47 Å². The minimum atomic E-state index is -3.18. The van der Waals surface area contributed by atoms with Crippen molar-refractivity contribution in [3.05, 3.63) is 170 Å². The van der Waals surface area contributed by atoms with Crippen molar-refractivity contribution in [1.82, 2.24) is 8.75 Å². The number of aromatic nitrogens is 2. The van der Waals surface area contributed by atoms with E-state index in [1.54, 1.807) is 138 Å². The lowest BCUT2D eigenvalue weighted by Gasteiger charge is -2.18. The van der Waals surface area contributed by atoms with Gasteiger partial charge in [0.15, 0.2) is 0 Å². The highest BCUT2D eigenvalue weighted by molar-refractivity contribution is 7.58. The number of halogens is 4. The van der Waals surface area contributed by atoms with Crippen LogP contribution in [0.25, 0.3) is 131 Å². The van der Waals surface area contributed by atoms with E-state index < -0.39 is 12.2 Å². The largest absolute Gasteiger partial charge is 0.433 e. The van der Waals surface area contributed by atoms with Gasteiger partial charge in [-0.1, -0.05) is 39.5 Å². The molecular formula is C70H50F4N4O2S12. The summed E-state index contributed by atoms with van der Waals surface area (Å²) in [5.74, 6) is 0.354. The molecule has 0 spiro atoms. The second kappa shape index (κ2) is 26.4. The SMILES string of the molecule is CCCCCC(F)(F)Oc1ccc(-c2ccc(-c3ccc(-c4ccc(-c5ccc(-c6ccc(-c7c8c(c(-c9ccc(-c%10ccc(-c%11ccc(-c%12ccc(-c%13ccc(-c%14ccc(OC(F)(F)CCCCC)cc%14)s%13)s%12)s%11)s%10)s9)c9nsnc79)N=S=N8)s6)s5)s4)s3)s2)cc1. The van der Waals surface area contributed by atoms with E-state index in [2.05, 4.69) is 121 Å². The molecule has 15 rings (SSSR count). The third-order valence-corrected chi connectivity index (χ3v) is 29.0. The summed E-state index contributed by atoms with van der Waals surface area (Å²) in [4.78, 5) is 23.5. The Balaban J connectivity index is 0.598. The van der Waals surface area contributed by atoms with Crippen molar-refractivity contribution in [3.8, 4) is 131 Å². The van der Waals surface area contributed by atoms with Crippen LogP contribution in [-0.4, -0.2) is 21.0 Å². The molecule has 14 aromatic rings. The average molecular weight is 1440 g/mol. The molecule has 0 aliphatic carbocycles. The standard InChI is InChI=1S/C70H50F4N4O2S12/c1-3-5-7-37-69(71,72)79-41-13-9-39(10-14-41)43-17-19-45(81-43)47-21-23-49(83-47)51-25-27-53(85-51)55-29-31-57(87-55)59-33-35-61(89-59)63-65-67(77-91-75-65)64(68-66(63)76-92-78-68)62-36-34-60(90-62)58-32-30-56(88-58)54-28-26-52(86-54)50-24-22-48(84-50)46-20-18-44(82-46)40-11-15-42(16-12-40)80-70(73,74)38-8-6-4-2/h9-36H,3-8,37-38H2,1-2H3. The fourth-order valence-electron chi connectivity index (χ4n) is 10.8. The molecule has 0 N–H and O–H groups in total. The molecule has 0 saturated carbocycles. The van der Waals surface area contributed by atoms with Crippen molar-refractivity contribution in [2.45, 2.75) is 77.4 Å². The molecule has 0 atom stereocenters. The van der Waals surface area contributed by atoms with E-state index in [9.17, 15) is 17.6 Å². The zero-order chi connectivity index (χ0) is 62.5. The average Bonchev–Trinajstić information content (AvgIpc) is 1.55. The predicted octanol–water partition coefficient (Wildman–Crippen LogP) is 28.1. The van der Waals surface area contributed by atoms with Gasteiger partial charge in [0.25, 0.3) is 0 Å². The Labute approximate surface area is 576 Å². The van der Waals surface area contributed by atoms with Crippen LogP contribution in [0.3, 0.4) is 0 Å². The van der Waals surface area contributed by atoms with Crippen molar-refractivity contribution in [3.63, 3.8) is 0 Å². The summed E-state index contributed by atoms with van der Waals surface area (Å²) in [5.41, 5.74) is 7.24. The van der Waals surface area contributed by atoms with Crippen LogP contribution in [0, 0.1) is 0 Å². The number of nitrogens with zero attached hydrogens (tertiary/aromatic N) is 4. The van der Waals surface area contributed by atoms with E-state index >= 15 is 0 Å². The number of benzene rings is 3. The lowest BCUT2D eigenvalue weighted by Crippen LogP contribution is -2.24. The molecular weight excluding hydrogens is 1390 g/mol. The van der Waals surface area contributed by atoms with Gasteiger partial charge in [0, 0.05) is 109 Å². The van der Waals surface area contributed by atoms with Crippen LogP contribution >= 0.6 is 125 Å². The second-order valence-electron chi connectivity index (χ2n) is 21.8. The van der Waals surface area contributed by atoms with Gasteiger partial charge in [-0.2, -0.15) is 35.0 Å². The number of alkyl halides is 4. The van der Waals surface area contributed by atoms with Gasteiger partial charge < -0.3 is 9.47 Å². The maximum absolute atomic E-state index is 14.4. The van der Waals surface area contributed by atoms with Gasteiger partial charge in [0.05, 0.1) is 35.9 Å². The Bertz CT molecular complexity index is 4710. The van der Waals surface area contributed by atoms with E-state index in [0.717, 1.165) is 99.6 Å². The number of rotatable bonds is 24. The van der Waals surface area contributed by atoms with Gasteiger partial charge >= 0.3 is 12.2 Å². The zero-order valence-corrected chi connectivity index (χ0v) is 58.6. The van der Waals surface area contributed by atoms with Crippen LogP contribution in [0.4, 0.5) is 28.9 Å². The third kappa shape index (κ3) is 13.0. The second-order valence-corrected chi connectivity index (χ2v) is 33.6. The molecule has 0 amide bonds. The number of ether oxygens (including phenoxy) is 2. The van der Waals surface area contributed by atoms with Gasteiger partial charge in [0.1, 0.15) is 33.9 Å². The molecule has 92 heavy (non-hydrogen) atoms. The van der Waals surface area contributed by atoms with E-state index in [0.29, 0.717) is 12.8 Å². The van der Waals surface area contributed by atoms with E-state index in [1.807, 2.05) is 38.1 Å². The molecule has 0 unspecified atom stereocenters. The van der Waals surface area contributed by atoms with Crippen LogP contribution in [-0.2, 0) is 11.4 Å². The van der Waals surface area contributed by atoms with Gasteiger partial charge in [0.2, 0.25) is 0 Å². The molecule has 3 aromatic carbocycles. The molecule has 22 heteroatoms. The number of unbranched alkanes of at least 4 members (excludes halogenated alkanes) is 4. The maximum Gasteiger partial charge on any atom is 0.397 e. The topological polar surface area (TPSA) is 69.0 Å². The number of hydrogen-bond acceptors (Lipinski definition) is 17. The first-order valence-corrected chi connectivity index (χ1v) is 39.3. The van der Waals surface area contributed by atoms with Crippen molar-refractivity contribution < 1.29 is 27.0 Å². The van der Waals surface area contributed by atoms with E-state index in [4.69, 9.17) is 26.9 Å². The van der Waals surface area contributed by atoms with E-state index in [-0.39, 0.29) is 24.3 Å². The molecule has 11 aromatic heterocycles. The fourth-order valence-corrected chi connectivity index (χ4v) is 22.8. The molecule has 1 aliphatic heterocycles. The van der Waals surface area contributed by atoms with E-state index in [1.165, 1.54) is 91.4 Å². The fraction of sp³-hybridized carbons (Fsp3) is 0.171. The van der Waals surface area contributed by atoms with Crippen LogP contribution in [0.5, 0.6) is 11.5 Å². The molecule has 462 valence electrons. The quantitative estimate of drug-likeness (QED) is 0.0447. The van der Waals surface area contributed by atoms with Gasteiger partial charge in [-0.15, -0.1) is 113 Å². The normalized spacial score (nSPS) is 12.4. The lowest BCUT2D eigenvalue weighted by atomic mass is 10.0. The molecule has 12 heterocycles. The van der Waals surface area contributed by atoms with Crippen molar-refractivity contribution in [1.29, 1.82) is 0 Å². The summed E-state index contributed by atoms with van der Waals surface area (Å²) in [7, 11) is 0. The summed E-state index contributed by atoms with van der Waals surface area (Å²) in [6.07, 6.45) is -2.75. The zero-order valence-electron chi connectivity index (χ0n) is 48.8. The maximum atomic E-state index is 14.4. The molecule has 6 nitrogen and oxygen atoms in total. The first kappa shape index (κ1) is 61.8. The first-order valence-electron chi connectivity index (χ1n) is 29.7. The summed E-state index contributed by atoms with van der Waals surface area (Å²) in [6, 6.07) is 57.7. The highest BCUT2D eigenvalue weighted by atomic mass is 32.1. The summed E-state index contributed by atoms with van der Waals surface area (Å²) in [6.45, 7) is 3.99. The van der Waals surface area contributed by atoms with Crippen molar-refractivity contribution in [2.24, 2.45) is 8.73 Å². The summed E-state index contributed by atoms with van der Waals surface area (Å²) >= 11 is 20.1. The smallest absolute Gasteiger partial charge is 0.397 e. The highest BCUT2D eigenvalue weighted by Gasteiger charge is 2.33. The Hall–Kier alpha value is -6.38. The molecule has 1 aliphatic rings. The first-order chi connectivity index (χ1) is 44.9. The van der Waals surface area contributed by atoms with Gasteiger partial charge in [-0.3, -0.25) is 0 Å². The molecule has 0 saturated heterocycles. The van der Waals surface area contributed by atoms with Crippen LogP contribution in [0.2, 0.25) is 0 Å². The number of hydrogen-bond donors (Lipinski definition) is 0. The third-order valence-electron chi connectivity index (χ3n) is 15.4. The Morgan fingerprint density at radius 2 is 0.543 bits per heavy atom.